The van der Waals surface area contributed by atoms with Crippen LogP contribution in [-0.4, -0.2) is 54.5 Å². The van der Waals surface area contributed by atoms with Crippen molar-refractivity contribution in [2.24, 2.45) is 0 Å². The molecule has 2 heterocycles. The first-order chi connectivity index (χ1) is 12.2. The normalized spacial score (nSPS) is 17.0. The van der Waals surface area contributed by atoms with E-state index in [1.165, 1.54) is 10.8 Å². The Balaban J connectivity index is 1.76. The third-order valence-electron chi connectivity index (χ3n) is 5.26. The van der Waals surface area contributed by atoms with Crippen LogP contribution in [0.5, 0.6) is 0 Å². The molecule has 4 rings (SSSR count). The molecule has 25 heavy (non-hydrogen) atoms. The van der Waals surface area contributed by atoms with Crippen LogP contribution in [0.15, 0.2) is 60.7 Å². The summed E-state index contributed by atoms with van der Waals surface area (Å²) in [4.78, 5) is 7.37. The van der Waals surface area contributed by atoms with E-state index in [9.17, 15) is 5.11 Å². The largest absolute Gasteiger partial charge is 0.347 e. The summed E-state index contributed by atoms with van der Waals surface area (Å²) in [5.41, 5.74) is 2.19. The van der Waals surface area contributed by atoms with Gasteiger partial charge >= 0.3 is 0 Å². The standard InChI is InChI=1S/C21H24N3O/c1-24(16-25)13-11-23(12-14-24)20-15-18-9-5-6-10-19(18)21(22-20)17-7-3-2-4-8-17/h2-10,15,25H,11-14,16H2,1H3/q+1. The molecule has 1 saturated heterocycles. The zero-order chi connectivity index (χ0) is 17.3. The van der Waals surface area contributed by atoms with Gasteiger partial charge in [-0.05, 0) is 11.5 Å². The van der Waals surface area contributed by atoms with Gasteiger partial charge in [0.05, 0.1) is 38.9 Å². The van der Waals surface area contributed by atoms with Gasteiger partial charge in [0.15, 0.2) is 6.73 Å². The van der Waals surface area contributed by atoms with Crippen molar-refractivity contribution in [3.05, 3.63) is 60.7 Å². The first kappa shape index (κ1) is 16.1. The molecule has 0 amide bonds. The molecule has 4 nitrogen and oxygen atoms in total. The van der Waals surface area contributed by atoms with Gasteiger partial charge in [0.25, 0.3) is 0 Å². The van der Waals surface area contributed by atoms with Crippen molar-refractivity contribution in [1.29, 1.82) is 0 Å². The van der Waals surface area contributed by atoms with Crippen LogP contribution in [0.4, 0.5) is 5.82 Å². The van der Waals surface area contributed by atoms with Crippen molar-refractivity contribution >= 4 is 16.6 Å². The highest BCUT2D eigenvalue weighted by Gasteiger charge is 2.28. The number of pyridine rings is 1. The zero-order valence-corrected chi connectivity index (χ0v) is 14.6. The highest BCUT2D eigenvalue weighted by atomic mass is 16.3. The van der Waals surface area contributed by atoms with Gasteiger partial charge in [-0.2, -0.15) is 0 Å². The van der Waals surface area contributed by atoms with E-state index >= 15 is 0 Å². The fraction of sp³-hybridized carbons (Fsp3) is 0.286. The third-order valence-corrected chi connectivity index (χ3v) is 5.26. The summed E-state index contributed by atoms with van der Waals surface area (Å²) in [6.45, 7) is 3.90. The summed E-state index contributed by atoms with van der Waals surface area (Å²) in [5.74, 6) is 1.03. The van der Waals surface area contributed by atoms with Crippen molar-refractivity contribution in [2.45, 2.75) is 0 Å². The van der Waals surface area contributed by atoms with Crippen LogP contribution in [0.25, 0.3) is 22.0 Å². The maximum Gasteiger partial charge on any atom is 0.180 e. The molecule has 0 atom stereocenters. The number of quaternary nitrogens is 1. The average Bonchev–Trinajstić information content (AvgIpc) is 2.68. The monoisotopic (exact) mass is 334 g/mol. The predicted molar refractivity (Wildman–Crippen MR) is 102 cm³/mol. The topological polar surface area (TPSA) is 36.4 Å². The SMILES string of the molecule is C[N+]1(CO)CCN(c2cc3ccccc3c(-c3ccccc3)n2)CC1. The molecule has 0 unspecified atom stereocenters. The van der Waals surface area contributed by atoms with Crippen LogP contribution in [0.3, 0.4) is 0 Å². The Morgan fingerprint density at radius 1 is 1.00 bits per heavy atom. The molecule has 1 aliphatic heterocycles. The Labute approximate surface area is 148 Å². The molecular weight excluding hydrogens is 310 g/mol. The second-order valence-electron chi connectivity index (χ2n) is 7.11. The Morgan fingerprint density at radius 2 is 1.68 bits per heavy atom. The number of hydrogen-bond donors (Lipinski definition) is 1. The second kappa shape index (κ2) is 6.47. The van der Waals surface area contributed by atoms with Gasteiger partial charge in [-0.25, -0.2) is 4.98 Å². The number of aliphatic hydroxyl groups is 1. The van der Waals surface area contributed by atoms with Crippen LogP contribution >= 0.6 is 0 Å². The van der Waals surface area contributed by atoms with Crippen molar-refractivity contribution in [2.75, 3.05) is 44.9 Å². The van der Waals surface area contributed by atoms with Crippen LogP contribution in [0, 0.1) is 0 Å². The smallest absolute Gasteiger partial charge is 0.180 e. The fourth-order valence-electron chi connectivity index (χ4n) is 3.48. The number of aliphatic hydroxyl groups excluding tert-OH is 1. The molecule has 0 aliphatic carbocycles. The fourth-order valence-corrected chi connectivity index (χ4v) is 3.48. The molecule has 0 bridgehead atoms. The van der Waals surface area contributed by atoms with Gasteiger partial charge in [-0.1, -0.05) is 54.6 Å². The Bertz CT molecular complexity index is 871. The van der Waals surface area contributed by atoms with E-state index in [1.54, 1.807) is 0 Å². The minimum atomic E-state index is 0.203. The number of anilines is 1. The highest BCUT2D eigenvalue weighted by Crippen LogP contribution is 2.30. The minimum absolute atomic E-state index is 0.203. The van der Waals surface area contributed by atoms with E-state index < -0.39 is 0 Å². The molecule has 0 spiro atoms. The molecule has 1 aromatic heterocycles. The number of aromatic nitrogens is 1. The summed E-state index contributed by atoms with van der Waals surface area (Å²) in [6.07, 6.45) is 0. The molecule has 1 N–H and O–H groups in total. The maximum absolute atomic E-state index is 9.58. The van der Waals surface area contributed by atoms with Gasteiger partial charge in [-0.15, -0.1) is 0 Å². The minimum Gasteiger partial charge on any atom is -0.347 e. The summed E-state index contributed by atoms with van der Waals surface area (Å²) in [6, 6.07) is 21.0. The molecule has 1 fully saturated rings. The highest BCUT2D eigenvalue weighted by molar-refractivity contribution is 5.96. The number of benzene rings is 2. The number of piperazine rings is 1. The van der Waals surface area contributed by atoms with Crippen LogP contribution in [-0.2, 0) is 0 Å². The van der Waals surface area contributed by atoms with Crippen LogP contribution in [0.2, 0.25) is 0 Å². The predicted octanol–water partition coefficient (Wildman–Crippen LogP) is 3.12. The van der Waals surface area contributed by atoms with E-state index in [0.717, 1.165) is 47.7 Å². The molecule has 2 aromatic carbocycles. The summed E-state index contributed by atoms with van der Waals surface area (Å²) < 4.78 is 0.718. The van der Waals surface area contributed by atoms with E-state index in [2.05, 4.69) is 66.5 Å². The molecule has 4 heteroatoms. The lowest BCUT2D eigenvalue weighted by atomic mass is 10.0. The van der Waals surface area contributed by atoms with Crippen molar-refractivity contribution in [3.63, 3.8) is 0 Å². The average molecular weight is 334 g/mol. The molecule has 0 radical (unpaired) electrons. The molecule has 0 saturated carbocycles. The number of nitrogens with zero attached hydrogens (tertiary/aromatic N) is 3. The van der Waals surface area contributed by atoms with Crippen LogP contribution < -0.4 is 4.90 Å². The molecule has 3 aromatic rings. The zero-order valence-electron chi connectivity index (χ0n) is 14.6. The number of rotatable bonds is 3. The quantitative estimate of drug-likeness (QED) is 0.748. The van der Waals surface area contributed by atoms with Crippen molar-refractivity contribution in [3.8, 4) is 11.3 Å². The lowest BCUT2D eigenvalue weighted by molar-refractivity contribution is -0.927. The summed E-state index contributed by atoms with van der Waals surface area (Å²) in [7, 11) is 2.11. The number of hydrogen-bond acceptors (Lipinski definition) is 3. The summed E-state index contributed by atoms with van der Waals surface area (Å²) >= 11 is 0. The Kier molecular flexibility index (Phi) is 4.15. The van der Waals surface area contributed by atoms with Crippen molar-refractivity contribution in [1.82, 2.24) is 4.98 Å². The Hall–Kier alpha value is -2.43. The van der Waals surface area contributed by atoms with E-state index in [0.29, 0.717) is 0 Å². The summed E-state index contributed by atoms with van der Waals surface area (Å²) in [5, 5.41) is 12.0. The van der Waals surface area contributed by atoms with Gasteiger partial charge in [0, 0.05) is 10.9 Å². The lowest BCUT2D eigenvalue weighted by Gasteiger charge is -2.41. The van der Waals surface area contributed by atoms with E-state index in [-0.39, 0.29) is 6.73 Å². The first-order valence-corrected chi connectivity index (χ1v) is 8.83. The number of fused-ring (bicyclic) bond motifs is 1. The molecule has 1 aliphatic rings. The van der Waals surface area contributed by atoms with Gasteiger partial charge in [-0.3, -0.25) is 0 Å². The Morgan fingerprint density at radius 3 is 2.40 bits per heavy atom. The first-order valence-electron chi connectivity index (χ1n) is 8.83. The van der Waals surface area contributed by atoms with Crippen molar-refractivity contribution < 1.29 is 9.59 Å². The molecular formula is C21H24N3O+. The van der Waals surface area contributed by atoms with E-state index in [4.69, 9.17) is 4.98 Å². The maximum atomic E-state index is 9.58. The number of likely N-dealkylation sites (N-methyl/N-ethyl adjacent to an activating group) is 1. The second-order valence-corrected chi connectivity index (χ2v) is 7.11. The van der Waals surface area contributed by atoms with Gasteiger partial charge < -0.3 is 14.5 Å². The van der Waals surface area contributed by atoms with Gasteiger partial charge in [0.2, 0.25) is 0 Å². The molecule has 128 valence electrons. The van der Waals surface area contributed by atoms with Gasteiger partial charge in [0.1, 0.15) is 5.82 Å². The van der Waals surface area contributed by atoms with Crippen LogP contribution in [0.1, 0.15) is 0 Å². The third kappa shape index (κ3) is 3.11. The lowest BCUT2D eigenvalue weighted by Crippen LogP contribution is -2.57. The van der Waals surface area contributed by atoms with E-state index in [1.807, 2.05) is 6.07 Å².